The third kappa shape index (κ3) is 3.30. The van der Waals surface area contributed by atoms with Crippen LogP contribution in [0.2, 0.25) is 0 Å². The molecule has 1 saturated carbocycles. The van der Waals surface area contributed by atoms with Crippen molar-refractivity contribution < 1.29 is 9.53 Å². The fourth-order valence-electron chi connectivity index (χ4n) is 5.43. The fraction of sp³-hybridized carbons (Fsp3) is 0.500. The highest BCUT2D eigenvalue weighted by molar-refractivity contribution is 6.01. The van der Waals surface area contributed by atoms with Gasteiger partial charge >= 0.3 is 0 Å². The SMILES string of the molecule is C[C@H]1C2C[C@@]3(O[C@H](C(C)(C)C)N=C3C[C@@H]1c1ccccc1)N(Cc1ccccn1)C2=O. The van der Waals surface area contributed by atoms with Crippen LogP contribution in [0.25, 0.3) is 0 Å². The molecule has 2 bridgehead atoms. The zero-order chi connectivity index (χ0) is 21.8. The summed E-state index contributed by atoms with van der Waals surface area (Å²) in [6.07, 6.45) is 3.02. The van der Waals surface area contributed by atoms with Gasteiger partial charge in [0.15, 0.2) is 12.0 Å². The van der Waals surface area contributed by atoms with Crippen LogP contribution in [0.4, 0.5) is 0 Å². The largest absolute Gasteiger partial charge is 0.324 e. The molecule has 1 unspecified atom stereocenters. The van der Waals surface area contributed by atoms with Crippen molar-refractivity contribution >= 4 is 11.6 Å². The zero-order valence-electron chi connectivity index (χ0n) is 18.8. The number of aromatic nitrogens is 1. The first kappa shape index (κ1) is 20.4. The Hall–Kier alpha value is -2.53. The average Bonchev–Trinajstić information content (AvgIpc) is 3.22. The molecular formula is C26H31N3O2. The lowest BCUT2D eigenvalue weighted by Gasteiger charge is -2.38. The average molecular weight is 418 g/mol. The molecule has 162 valence electrons. The van der Waals surface area contributed by atoms with Gasteiger partial charge in [0.05, 0.1) is 18.0 Å². The number of nitrogens with zero attached hydrogens (tertiary/aromatic N) is 3. The van der Waals surface area contributed by atoms with Gasteiger partial charge in [-0.15, -0.1) is 0 Å². The zero-order valence-corrected chi connectivity index (χ0v) is 18.8. The third-order valence-corrected chi connectivity index (χ3v) is 7.24. The van der Waals surface area contributed by atoms with Crippen LogP contribution in [-0.2, 0) is 16.1 Å². The van der Waals surface area contributed by atoms with Crippen molar-refractivity contribution in [1.29, 1.82) is 0 Å². The van der Waals surface area contributed by atoms with Gasteiger partial charge in [-0.05, 0) is 36.0 Å². The maximum Gasteiger partial charge on any atom is 0.229 e. The molecule has 0 N–H and O–H groups in total. The molecule has 31 heavy (non-hydrogen) atoms. The number of amides is 1. The van der Waals surface area contributed by atoms with Gasteiger partial charge < -0.3 is 9.64 Å². The summed E-state index contributed by atoms with van der Waals surface area (Å²) in [6, 6.07) is 16.4. The summed E-state index contributed by atoms with van der Waals surface area (Å²) in [5.41, 5.74) is 2.29. The Bertz CT molecular complexity index is 998. The molecule has 5 heteroatoms. The van der Waals surface area contributed by atoms with Crippen LogP contribution in [-0.4, -0.2) is 33.5 Å². The molecule has 3 heterocycles. The molecule has 1 spiro atoms. The van der Waals surface area contributed by atoms with Gasteiger partial charge in [-0.1, -0.05) is 64.1 Å². The van der Waals surface area contributed by atoms with Crippen LogP contribution < -0.4 is 0 Å². The van der Waals surface area contributed by atoms with Crippen molar-refractivity contribution in [3.05, 3.63) is 66.0 Å². The Kier molecular flexibility index (Phi) is 4.78. The maximum absolute atomic E-state index is 13.8. The molecule has 3 aliphatic rings. The van der Waals surface area contributed by atoms with E-state index in [9.17, 15) is 4.79 Å². The van der Waals surface area contributed by atoms with Crippen LogP contribution in [0.1, 0.15) is 57.7 Å². The van der Waals surface area contributed by atoms with E-state index in [0.717, 1.165) is 17.8 Å². The van der Waals surface area contributed by atoms with Crippen LogP contribution in [0.5, 0.6) is 0 Å². The number of rotatable bonds is 3. The van der Waals surface area contributed by atoms with E-state index in [1.807, 2.05) is 29.2 Å². The molecule has 1 aliphatic carbocycles. The molecule has 1 aromatic carbocycles. The van der Waals surface area contributed by atoms with Crippen molar-refractivity contribution in [1.82, 2.24) is 9.88 Å². The molecule has 2 aliphatic heterocycles. The number of benzene rings is 1. The maximum atomic E-state index is 13.8. The highest BCUT2D eigenvalue weighted by Crippen LogP contribution is 2.53. The summed E-state index contributed by atoms with van der Waals surface area (Å²) in [6.45, 7) is 9.13. The van der Waals surface area contributed by atoms with E-state index in [1.54, 1.807) is 6.20 Å². The molecule has 1 saturated heterocycles. The second-order valence-electron chi connectivity index (χ2n) is 10.3. The highest BCUT2D eigenvalue weighted by Gasteiger charge is 2.63. The van der Waals surface area contributed by atoms with Crippen molar-refractivity contribution in [2.24, 2.45) is 22.2 Å². The summed E-state index contributed by atoms with van der Waals surface area (Å²) in [5.74, 6) is 0.557. The van der Waals surface area contributed by atoms with Crippen LogP contribution in [0.3, 0.4) is 0 Å². The van der Waals surface area contributed by atoms with E-state index in [0.29, 0.717) is 13.0 Å². The lowest BCUT2D eigenvalue weighted by molar-refractivity contribution is -0.159. The number of hydrogen-bond donors (Lipinski definition) is 0. The monoisotopic (exact) mass is 417 g/mol. The van der Waals surface area contributed by atoms with Gasteiger partial charge in [0.2, 0.25) is 5.91 Å². The topological polar surface area (TPSA) is 54.8 Å². The number of hydrogen-bond acceptors (Lipinski definition) is 4. The molecule has 5 nitrogen and oxygen atoms in total. The van der Waals surface area contributed by atoms with Crippen molar-refractivity contribution in [2.75, 3.05) is 0 Å². The Balaban J connectivity index is 1.59. The smallest absolute Gasteiger partial charge is 0.229 e. The summed E-state index contributed by atoms with van der Waals surface area (Å²) >= 11 is 0. The van der Waals surface area contributed by atoms with E-state index in [2.05, 4.69) is 56.9 Å². The molecular weight excluding hydrogens is 386 g/mol. The fourth-order valence-corrected chi connectivity index (χ4v) is 5.43. The van der Waals surface area contributed by atoms with E-state index < -0.39 is 5.72 Å². The number of aliphatic imine (C=N–C) groups is 1. The van der Waals surface area contributed by atoms with Crippen molar-refractivity contribution in [3.63, 3.8) is 0 Å². The number of carbonyl (C=O) groups is 1. The minimum atomic E-state index is -0.755. The predicted molar refractivity (Wildman–Crippen MR) is 120 cm³/mol. The van der Waals surface area contributed by atoms with Gasteiger partial charge in [-0.3, -0.25) is 14.8 Å². The first-order valence-corrected chi connectivity index (χ1v) is 11.3. The molecule has 0 radical (unpaired) electrons. The standard InChI is InChI=1S/C26H31N3O2/c1-17-20(18-10-6-5-7-11-18)14-22-26(31-24(28-22)25(2,3)4)15-21(17)23(30)29(26)16-19-12-8-9-13-27-19/h5-13,17,20-21,24H,14-16H2,1-4H3/t17-,20+,21?,24-,26+/m1/s1. The third-order valence-electron chi connectivity index (χ3n) is 7.24. The summed E-state index contributed by atoms with van der Waals surface area (Å²) < 4.78 is 6.75. The van der Waals surface area contributed by atoms with Crippen LogP contribution in [0.15, 0.2) is 59.7 Å². The Labute approximate surface area is 184 Å². The minimum Gasteiger partial charge on any atom is -0.324 e. The second kappa shape index (κ2) is 7.27. The number of carbonyl (C=O) groups excluding carboxylic acids is 1. The molecule has 5 rings (SSSR count). The first-order valence-electron chi connectivity index (χ1n) is 11.3. The number of ether oxygens (including phenoxy) is 1. The van der Waals surface area contributed by atoms with Gasteiger partial charge in [0, 0.05) is 24.0 Å². The van der Waals surface area contributed by atoms with E-state index in [1.165, 1.54) is 5.56 Å². The number of pyridine rings is 1. The summed E-state index contributed by atoms with van der Waals surface area (Å²) in [5, 5.41) is 0. The highest BCUT2D eigenvalue weighted by atomic mass is 16.6. The van der Waals surface area contributed by atoms with E-state index in [4.69, 9.17) is 9.73 Å². The Morgan fingerprint density at radius 2 is 1.84 bits per heavy atom. The molecule has 1 aromatic heterocycles. The summed E-state index contributed by atoms with van der Waals surface area (Å²) in [7, 11) is 0. The van der Waals surface area contributed by atoms with Crippen molar-refractivity contribution in [2.45, 2.75) is 65.0 Å². The van der Waals surface area contributed by atoms with Crippen LogP contribution >= 0.6 is 0 Å². The molecule has 1 amide bonds. The van der Waals surface area contributed by atoms with Gasteiger partial charge in [0.25, 0.3) is 0 Å². The Morgan fingerprint density at radius 1 is 1.10 bits per heavy atom. The van der Waals surface area contributed by atoms with Crippen molar-refractivity contribution in [3.8, 4) is 0 Å². The van der Waals surface area contributed by atoms with Gasteiger partial charge in [-0.2, -0.15) is 0 Å². The van der Waals surface area contributed by atoms with E-state index in [-0.39, 0.29) is 35.3 Å². The van der Waals surface area contributed by atoms with Gasteiger partial charge in [-0.25, -0.2) is 0 Å². The van der Waals surface area contributed by atoms with Crippen LogP contribution in [0, 0.1) is 17.3 Å². The number of likely N-dealkylation sites (tertiary alicyclic amines) is 1. The normalized spacial score (nSPS) is 32.6. The van der Waals surface area contributed by atoms with Gasteiger partial charge in [0.1, 0.15) is 0 Å². The molecule has 2 fully saturated rings. The Morgan fingerprint density at radius 3 is 2.52 bits per heavy atom. The predicted octanol–water partition coefficient (Wildman–Crippen LogP) is 4.79. The first-order chi connectivity index (χ1) is 14.8. The second-order valence-corrected chi connectivity index (χ2v) is 10.3. The minimum absolute atomic E-state index is 0.0830. The van der Waals surface area contributed by atoms with E-state index >= 15 is 0 Å². The number of fused-ring (bicyclic) bond motifs is 1. The summed E-state index contributed by atoms with van der Waals surface area (Å²) in [4.78, 5) is 25.3. The quantitative estimate of drug-likeness (QED) is 0.721. The lowest BCUT2D eigenvalue weighted by atomic mass is 9.78. The molecule has 5 atom stereocenters. The lowest BCUT2D eigenvalue weighted by Crippen LogP contribution is -2.53. The molecule has 2 aromatic rings.